The molecule has 0 saturated heterocycles. The molecule has 1 unspecified atom stereocenters. The molecule has 0 spiro atoms. The van der Waals surface area contributed by atoms with E-state index in [0.29, 0.717) is 30.6 Å². The van der Waals surface area contributed by atoms with Gasteiger partial charge in [0, 0.05) is 44.8 Å². The molecule has 1 aromatic heterocycles. The van der Waals surface area contributed by atoms with Crippen molar-refractivity contribution in [1.82, 2.24) is 30.4 Å². The molecular formula is C38H55ClN8O8. The van der Waals surface area contributed by atoms with E-state index in [1.54, 1.807) is 24.3 Å². The van der Waals surface area contributed by atoms with Crippen LogP contribution in [0, 0.1) is 12.8 Å². The van der Waals surface area contributed by atoms with E-state index < -0.39 is 36.9 Å². The number of aromatic nitrogens is 2. The van der Waals surface area contributed by atoms with Gasteiger partial charge in [-0.15, -0.1) is 0 Å². The number of hydrogen-bond acceptors (Lipinski definition) is 12. The first kappa shape index (κ1) is 44.8. The van der Waals surface area contributed by atoms with Crippen molar-refractivity contribution in [2.45, 2.75) is 70.8 Å². The van der Waals surface area contributed by atoms with Crippen LogP contribution in [-0.4, -0.2) is 127 Å². The van der Waals surface area contributed by atoms with Crippen LogP contribution in [0.25, 0.3) is 0 Å². The first-order valence-electron chi connectivity index (χ1n) is 18.4. The first-order valence-corrected chi connectivity index (χ1v) is 18.7. The van der Waals surface area contributed by atoms with Crippen molar-refractivity contribution in [3.63, 3.8) is 0 Å². The lowest BCUT2D eigenvalue weighted by molar-refractivity contribution is -0.0840. The Balaban J connectivity index is 1.64. The van der Waals surface area contributed by atoms with Crippen molar-refractivity contribution in [2.75, 3.05) is 57.3 Å². The molecule has 0 bridgehead atoms. The van der Waals surface area contributed by atoms with Crippen LogP contribution in [0.4, 0.5) is 16.4 Å². The number of nitrogens with one attached hydrogen (secondary N) is 2. The Morgan fingerprint density at radius 3 is 2.24 bits per heavy atom. The van der Waals surface area contributed by atoms with E-state index in [1.807, 2.05) is 36.1 Å². The van der Waals surface area contributed by atoms with Gasteiger partial charge in [0.25, 0.3) is 11.8 Å². The summed E-state index contributed by atoms with van der Waals surface area (Å²) in [5.41, 5.74) is 14.3. The van der Waals surface area contributed by atoms with Gasteiger partial charge in [0.1, 0.15) is 12.2 Å². The largest absolute Gasteiger partial charge is 0.465 e. The first-order chi connectivity index (χ1) is 26.2. The fourth-order valence-electron chi connectivity index (χ4n) is 6.01. The summed E-state index contributed by atoms with van der Waals surface area (Å²) in [6.07, 6.45) is -1.02. The molecule has 0 saturated carbocycles. The lowest BCUT2D eigenvalue weighted by Crippen LogP contribution is -2.47. The highest BCUT2D eigenvalue weighted by Crippen LogP contribution is 2.19. The van der Waals surface area contributed by atoms with Gasteiger partial charge in [-0.2, -0.15) is 0 Å². The molecule has 3 amide bonds. The molecule has 11 N–H and O–H groups in total. The number of benzene rings is 2. The predicted octanol–water partition coefficient (Wildman–Crippen LogP) is 2.06. The molecule has 0 aliphatic heterocycles. The summed E-state index contributed by atoms with van der Waals surface area (Å²) >= 11 is 5.96. The Bertz CT molecular complexity index is 1680. The van der Waals surface area contributed by atoms with Gasteiger partial charge < -0.3 is 52.5 Å². The summed E-state index contributed by atoms with van der Waals surface area (Å²) in [5, 5.41) is 55.1. The molecule has 3 aromatic rings. The number of hydrogen-bond donors (Lipinski definition) is 9. The van der Waals surface area contributed by atoms with E-state index in [4.69, 9.17) is 28.2 Å². The fraction of sp³-hybridized carbons (Fsp3) is 0.500. The van der Waals surface area contributed by atoms with Gasteiger partial charge in [0.2, 0.25) is 0 Å². The van der Waals surface area contributed by atoms with Crippen molar-refractivity contribution >= 4 is 41.1 Å². The van der Waals surface area contributed by atoms with E-state index in [1.165, 1.54) is 4.90 Å². The Hall–Kier alpha value is -4.58. The second kappa shape index (κ2) is 22.7. The number of aliphatic hydroxyl groups excluding tert-OH is 4. The van der Waals surface area contributed by atoms with Crippen LogP contribution in [0.2, 0.25) is 5.15 Å². The maximum Gasteiger partial charge on any atom is 0.407 e. The topological polar surface area (TPSA) is 261 Å². The number of carbonyl (C=O) groups excluding carboxylic acids is 2. The monoisotopic (exact) mass is 786 g/mol. The van der Waals surface area contributed by atoms with Crippen molar-refractivity contribution < 1.29 is 39.9 Å². The molecular weight excluding hydrogens is 732 g/mol. The van der Waals surface area contributed by atoms with Crippen LogP contribution in [-0.2, 0) is 13.0 Å². The second-order valence-electron chi connectivity index (χ2n) is 13.6. The van der Waals surface area contributed by atoms with E-state index in [0.717, 1.165) is 36.8 Å². The number of halogens is 1. The molecule has 2 aromatic carbocycles. The quantitative estimate of drug-likeness (QED) is 0.0625. The number of carboxylic acid groups (broad SMARTS) is 1. The van der Waals surface area contributed by atoms with Crippen LogP contribution in [0.3, 0.4) is 0 Å². The van der Waals surface area contributed by atoms with Crippen molar-refractivity contribution in [3.05, 3.63) is 81.6 Å². The van der Waals surface area contributed by atoms with Gasteiger partial charge in [0.15, 0.2) is 22.5 Å². The molecule has 0 aliphatic rings. The zero-order valence-electron chi connectivity index (χ0n) is 31.4. The van der Waals surface area contributed by atoms with Crippen LogP contribution in [0.15, 0.2) is 48.5 Å². The summed E-state index contributed by atoms with van der Waals surface area (Å²) in [5.74, 6) is -1.63. The third-order valence-electron chi connectivity index (χ3n) is 9.24. The SMILES string of the molecule is CCCCCCN(CCNC(=O)c1ccc(CN(CC(CNC(=O)c2nc(Cl)c(N)nc2N)Cc2ccccc2C)C(=O)O)cc1)C[C@@H](O)[C@H](O)[C@@H](O)CO. The molecule has 1 heterocycles. The number of aliphatic hydroxyl groups is 4. The van der Waals surface area contributed by atoms with Crippen molar-refractivity contribution in [3.8, 4) is 0 Å². The molecule has 0 radical (unpaired) electrons. The Morgan fingerprint density at radius 1 is 0.873 bits per heavy atom. The van der Waals surface area contributed by atoms with E-state index in [2.05, 4.69) is 27.5 Å². The fourth-order valence-corrected chi connectivity index (χ4v) is 6.13. The third kappa shape index (κ3) is 14.5. The molecule has 302 valence electrons. The standard InChI is InChI=1S/C38H55ClN8O8/c1-3-4-5-8-16-46(22-29(49)32(51)30(50)23-48)17-15-42-36(52)27-13-11-25(12-14-27)20-47(38(54)55)21-26(18-28-10-7-6-9-24(28)2)19-43-37(53)31-34(40)45-35(41)33(39)44-31/h6-7,9-14,26,29-30,32,48-51H,3-5,8,15-23H2,1-2H3,(H,42,52)(H,43,53)(H,54,55)(H4,40,41,45)/t26?,29-,30+,32+/m1/s1. The number of anilines is 2. The molecule has 0 aliphatic carbocycles. The third-order valence-corrected chi connectivity index (χ3v) is 9.52. The number of aryl methyl sites for hydroxylation is 1. The van der Waals surface area contributed by atoms with Gasteiger partial charge in [-0.25, -0.2) is 14.8 Å². The highest BCUT2D eigenvalue weighted by molar-refractivity contribution is 6.31. The molecule has 55 heavy (non-hydrogen) atoms. The summed E-state index contributed by atoms with van der Waals surface area (Å²) in [4.78, 5) is 49.5. The molecule has 0 fully saturated rings. The minimum atomic E-state index is -1.51. The highest BCUT2D eigenvalue weighted by atomic mass is 35.5. The number of carbonyl (C=O) groups is 3. The molecule has 4 atom stereocenters. The second-order valence-corrected chi connectivity index (χ2v) is 14.0. The number of nitrogen functional groups attached to an aromatic ring is 2. The molecule has 17 heteroatoms. The van der Waals surface area contributed by atoms with Gasteiger partial charge in [-0.3, -0.25) is 14.5 Å². The highest BCUT2D eigenvalue weighted by Gasteiger charge is 2.26. The van der Waals surface area contributed by atoms with Gasteiger partial charge >= 0.3 is 6.09 Å². The van der Waals surface area contributed by atoms with Crippen LogP contribution in [0.5, 0.6) is 0 Å². The number of rotatable bonds is 23. The number of nitrogens with two attached hydrogens (primary N) is 2. The van der Waals surface area contributed by atoms with E-state index >= 15 is 0 Å². The van der Waals surface area contributed by atoms with E-state index in [9.17, 15) is 34.8 Å². The number of unbranched alkanes of at least 4 members (excludes halogenated alkanes) is 3. The maximum absolute atomic E-state index is 13.0. The summed E-state index contributed by atoms with van der Waals surface area (Å²) in [6, 6.07) is 14.3. The zero-order chi connectivity index (χ0) is 40.5. The minimum Gasteiger partial charge on any atom is -0.465 e. The average Bonchev–Trinajstić information content (AvgIpc) is 3.16. The number of nitrogens with zero attached hydrogens (tertiary/aromatic N) is 4. The van der Waals surface area contributed by atoms with Crippen LogP contribution < -0.4 is 22.1 Å². The Labute approximate surface area is 326 Å². The minimum absolute atomic E-state index is 0.0214. The maximum atomic E-state index is 13.0. The summed E-state index contributed by atoms with van der Waals surface area (Å²) in [6.45, 7) is 4.83. The molecule has 16 nitrogen and oxygen atoms in total. The molecule has 3 rings (SSSR count). The lowest BCUT2D eigenvalue weighted by atomic mass is 9.95. The average molecular weight is 787 g/mol. The smallest absolute Gasteiger partial charge is 0.407 e. The predicted molar refractivity (Wildman–Crippen MR) is 209 cm³/mol. The normalized spacial score (nSPS) is 13.5. The van der Waals surface area contributed by atoms with Crippen molar-refractivity contribution in [2.24, 2.45) is 5.92 Å². The number of amides is 3. The van der Waals surface area contributed by atoms with Gasteiger partial charge in [-0.1, -0.05) is 74.2 Å². The van der Waals surface area contributed by atoms with Crippen LogP contribution in [0.1, 0.15) is 70.1 Å². The van der Waals surface area contributed by atoms with Gasteiger partial charge in [0.05, 0.1) is 12.7 Å². The summed E-state index contributed by atoms with van der Waals surface area (Å²) < 4.78 is 0. The van der Waals surface area contributed by atoms with Crippen LogP contribution >= 0.6 is 11.6 Å². The zero-order valence-corrected chi connectivity index (χ0v) is 32.2. The Morgan fingerprint density at radius 2 is 1.58 bits per heavy atom. The van der Waals surface area contributed by atoms with Gasteiger partial charge in [-0.05, 0) is 61.1 Å². The van der Waals surface area contributed by atoms with E-state index in [-0.39, 0.29) is 67.0 Å². The summed E-state index contributed by atoms with van der Waals surface area (Å²) in [7, 11) is 0. The lowest BCUT2D eigenvalue weighted by Gasteiger charge is -2.29. The van der Waals surface area contributed by atoms with Crippen molar-refractivity contribution in [1.29, 1.82) is 0 Å². The Kier molecular flexibility index (Phi) is 18.5.